The van der Waals surface area contributed by atoms with E-state index in [1.807, 2.05) is 17.0 Å². The summed E-state index contributed by atoms with van der Waals surface area (Å²) in [5.74, 6) is 0.606. The zero-order chi connectivity index (χ0) is 18.1. The van der Waals surface area contributed by atoms with Crippen LogP contribution in [0.4, 0.5) is 10.2 Å². The van der Waals surface area contributed by atoms with Gasteiger partial charge in [0.1, 0.15) is 11.6 Å². The molecule has 0 N–H and O–H groups in total. The summed E-state index contributed by atoms with van der Waals surface area (Å²) >= 11 is 4.67. The maximum Gasteiger partial charge on any atom is 0.227 e. The number of carbonyl (C=O) groups is 1. The molecular weight excluding hydrogens is 417 g/mol. The molecule has 3 aromatic rings. The lowest BCUT2D eigenvalue weighted by molar-refractivity contribution is -0.130. The molecule has 1 fully saturated rings. The van der Waals surface area contributed by atoms with Crippen molar-refractivity contribution in [2.45, 2.75) is 6.42 Å². The summed E-state index contributed by atoms with van der Waals surface area (Å²) in [4.78, 5) is 16.6. The first-order valence-corrected chi connectivity index (χ1v) is 10.00. The summed E-state index contributed by atoms with van der Waals surface area (Å²) in [6.45, 7) is 2.72. The molecular formula is C19H17BrFN3OS. The SMILES string of the molecule is O=C(Cc1cccc(Br)c1F)N1CCN(c2nsc3ccccc23)CC1. The first-order chi connectivity index (χ1) is 12.6. The van der Waals surface area contributed by atoms with Crippen molar-refractivity contribution in [2.24, 2.45) is 0 Å². The number of fused-ring (bicyclic) bond motifs is 1. The van der Waals surface area contributed by atoms with Crippen molar-refractivity contribution in [3.05, 3.63) is 58.3 Å². The fourth-order valence-corrected chi connectivity index (χ4v) is 4.43. The third kappa shape index (κ3) is 3.33. The van der Waals surface area contributed by atoms with E-state index in [0.717, 1.165) is 24.3 Å². The predicted molar refractivity (Wildman–Crippen MR) is 106 cm³/mol. The number of amides is 1. The summed E-state index contributed by atoms with van der Waals surface area (Å²) in [6, 6.07) is 13.2. The number of hydrogen-bond donors (Lipinski definition) is 0. The molecule has 0 saturated carbocycles. The molecule has 1 aliphatic rings. The number of halogens is 2. The molecule has 1 saturated heterocycles. The van der Waals surface area contributed by atoms with Gasteiger partial charge in [-0.1, -0.05) is 24.3 Å². The van der Waals surface area contributed by atoms with Gasteiger partial charge >= 0.3 is 0 Å². The van der Waals surface area contributed by atoms with E-state index >= 15 is 0 Å². The Hall–Kier alpha value is -1.99. The Morgan fingerprint density at radius 2 is 1.88 bits per heavy atom. The van der Waals surface area contributed by atoms with Crippen LogP contribution >= 0.6 is 27.5 Å². The van der Waals surface area contributed by atoms with Gasteiger partial charge in [-0.15, -0.1) is 0 Å². The van der Waals surface area contributed by atoms with Crippen LogP contribution in [-0.2, 0) is 11.2 Å². The Balaban J connectivity index is 1.42. The van der Waals surface area contributed by atoms with E-state index in [0.29, 0.717) is 23.1 Å². The Kier molecular flexibility index (Phi) is 4.91. The lowest BCUT2D eigenvalue weighted by atomic mass is 10.1. The van der Waals surface area contributed by atoms with Gasteiger partial charge in [0.2, 0.25) is 5.91 Å². The third-order valence-corrected chi connectivity index (χ3v) is 6.09. The van der Waals surface area contributed by atoms with E-state index in [4.69, 9.17) is 0 Å². The molecule has 1 aromatic heterocycles. The van der Waals surface area contributed by atoms with Gasteiger partial charge in [0, 0.05) is 31.6 Å². The number of aromatic nitrogens is 1. The maximum absolute atomic E-state index is 14.1. The van der Waals surface area contributed by atoms with Gasteiger partial charge in [-0.3, -0.25) is 4.79 Å². The number of nitrogens with zero attached hydrogens (tertiary/aromatic N) is 3. The average molecular weight is 434 g/mol. The maximum atomic E-state index is 14.1. The molecule has 1 amide bonds. The van der Waals surface area contributed by atoms with Crippen LogP contribution in [0.2, 0.25) is 0 Å². The van der Waals surface area contributed by atoms with Crippen molar-refractivity contribution < 1.29 is 9.18 Å². The summed E-state index contributed by atoms with van der Waals surface area (Å²) in [6.07, 6.45) is 0.0882. The fraction of sp³-hybridized carbons (Fsp3) is 0.263. The van der Waals surface area contributed by atoms with Crippen LogP contribution in [0, 0.1) is 5.82 Å². The molecule has 4 nitrogen and oxygen atoms in total. The van der Waals surface area contributed by atoms with Crippen LogP contribution in [0.15, 0.2) is 46.9 Å². The Morgan fingerprint density at radius 1 is 1.12 bits per heavy atom. The normalized spacial score (nSPS) is 14.8. The molecule has 0 spiro atoms. The van der Waals surface area contributed by atoms with Crippen LogP contribution in [0.5, 0.6) is 0 Å². The molecule has 0 radical (unpaired) electrons. The van der Waals surface area contributed by atoms with E-state index < -0.39 is 0 Å². The van der Waals surface area contributed by atoms with Gasteiger partial charge in [0.15, 0.2) is 0 Å². The van der Waals surface area contributed by atoms with E-state index in [1.54, 1.807) is 18.2 Å². The monoisotopic (exact) mass is 433 g/mol. The van der Waals surface area contributed by atoms with Crippen LogP contribution in [0.1, 0.15) is 5.56 Å². The number of anilines is 1. The molecule has 4 rings (SSSR count). The minimum Gasteiger partial charge on any atom is -0.352 e. The molecule has 2 aromatic carbocycles. The lowest BCUT2D eigenvalue weighted by Gasteiger charge is -2.35. The summed E-state index contributed by atoms with van der Waals surface area (Å²) < 4.78 is 20.2. The zero-order valence-electron chi connectivity index (χ0n) is 14.0. The van der Waals surface area contributed by atoms with Crippen LogP contribution in [-0.4, -0.2) is 41.4 Å². The number of benzene rings is 2. The first-order valence-electron chi connectivity index (χ1n) is 8.43. The molecule has 0 bridgehead atoms. The molecule has 134 valence electrons. The van der Waals surface area contributed by atoms with Crippen molar-refractivity contribution >= 4 is 49.3 Å². The number of hydrogen-bond acceptors (Lipinski definition) is 4. The minimum atomic E-state index is -0.353. The number of carbonyl (C=O) groups excluding carboxylic acids is 1. The van der Waals surface area contributed by atoms with Crippen molar-refractivity contribution in [1.29, 1.82) is 0 Å². The van der Waals surface area contributed by atoms with Crippen molar-refractivity contribution in [2.75, 3.05) is 31.1 Å². The molecule has 0 unspecified atom stereocenters. The van der Waals surface area contributed by atoms with Crippen molar-refractivity contribution in [1.82, 2.24) is 9.27 Å². The Morgan fingerprint density at radius 3 is 2.69 bits per heavy atom. The summed E-state index contributed by atoms with van der Waals surface area (Å²) in [7, 11) is 0. The van der Waals surface area contributed by atoms with Crippen LogP contribution in [0.25, 0.3) is 10.1 Å². The largest absolute Gasteiger partial charge is 0.352 e. The Bertz CT molecular complexity index is 953. The first kappa shape index (κ1) is 17.4. The van der Waals surface area contributed by atoms with E-state index in [-0.39, 0.29) is 18.1 Å². The second kappa shape index (κ2) is 7.32. The van der Waals surface area contributed by atoms with Gasteiger partial charge < -0.3 is 9.80 Å². The molecule has 0 atom stereocenters. The fourth-order valence-electron chi connectivity index (χ4n) is 3.23. The molecule has 0 aliphatic carbocycles. The molecule has 7 heteroatoms. The van der Waals surface area contributed by atoms with Gasteiger partial charge in [0.05, 0.1) is 15.6 Å². The van der Waals surface area contributed by atoms with Crippen molar-refractivity contribution in [3.8, 4) is 0 Å². The topological polar surface area (TPSA) is 36.4 Å². The highest BCUT2D eigenvalue weighted by molar-refractivity contribution is 9.10. The van der Waals surface area contributed by atoms with Gasteiger partial charge in [-0.25, -0.2) is 4.39 Å². The van der Waals surface area contributed by atoms with E-state index in [2.05, 4.69) is 37.3 Å². The van der Waals surface area contributed by atoms with Gasteiger partial charge in [-0.2, -0.15) is 4.37 Å². The molecule has 1 aliphatic heterocycles. The Labute approximate surface area is 163 Å². The number of piperazine rings is 1. The minimum absolute atomic E-state index is 0.0372. The van der Waals surface area contributed by atoms with Gasteiger partial charge in [-0.05, 0) is 51.2 Å². The predicted octanol–water partition coefficient (Wildman–Crippen LogP) is 4.09. The van der Waals surface area contributed by atoms with Crippen LogP contribution in [0.3, 0.4) is 0 Å². The lowest BCUT2D eigenvalue weighted by Crippen LogP contribution is -2.49. The van der Waals surface area contributed by atoms with Crippen molar-refractivity contribution in [3.63, 3.8) is 0 Å². The van der Waals surface area contributed by atoms with Gasteiger partial charge in [0.25, 0.3) is 0 Å². The quantitative estimate of drug-likeness (QED) is 0.623. The van der Waals surface area contributed by atoms with E-state index in [9.17, 15) is 9.18 Å². The average Bonchev–Trinajstić information content (AvgIpc) is 3.10. The highest BCUT2D eigenvalue weighted by atomic mass is 79.9. The molecule has 2 heterocycles. The second-order valence-electron chi connectivity index (χ2n) is 6.26. The molecule has 26 heavy (non-hydrogen) atoms. The summed E-state index contributed by atoms with van der Waals surface area (Å²) in [5, 5.41) is 1.16. The zero-order valence-corrected chi connectivity index (χ0v) is 16.4. The third-order valence-electron chi connectivity index (χ3n) is 4.66. The standard InChI is InChI=1S/C19H17BrFN3OS/c20-15-6-3-4-13(18(15)21)12-17(25)23-8-10-24(11-9-23)19-14-5-1-2-7-16(14)26-22-19/h1-7H,8-12H2. The summed E-state index contributed by atoms with van der Waals surface area (Å²) in [5.41, 5.74) is 0.428. The smallest absolute Gasteiger partial charge is 0.227 e. The van der Waals surface area contributed by atoms with E-state index in [1.165, 1.54) is 16.2 Å². The second-order valence-corrected chi connectivity index (χ2v) is 7.92. The highest BCUT2D eigenvalue weighted by Gasteiger charge is 2.24. The highest BCUT2D eigenvalue weighted by Crippen LogP contribution is 2.30. The number of rotatable bonds is 3. The van der Waals surface area contributed by atoms with Crippen LogP contribution < -0.4 is 4.90 Å².